The molecule has 0 radical (unpaired) electrons. The second-order valence-corrected chi connectivity index (χ2v) is 9.05. The largest absolute Gasteiger partial charge is 0.350 e. The quantitative estimate of drug-likeness (QED) is 0.484. The molecular formula is C24H21ClN4O3S. The van der Waals surface area contributed by atoms with Gasteiger partial charge in [0.05, 0.1) is 11.4 Å². The van der Waals surface area contributed by atoms with E-state index in [0.29, 0.717) is 22.1 Å². The van der Waals surface area contributed by atoms with Crippen molar-refractivity contribution < 1.29 is 14.4 Å². The van der Waals surface area contributed by atoms with Crippen LogP contribution in [0.1, 0.15) is 33.4 Å². The van der Waals surface area contributed by atoms with Gasteiger partial charge in [-0.05, 0) is 62.2 Å². The third-order valence-corrected chi connectivity index (χ3v) is 6.63. The number of nitrogens with zero attached hydrogens (tertiary/aromatic N) is 2. The van der Waals surface area contributed by atoms with Gasteiger partial charge in [-0.15, -0.1) is 11.3 Å². The van der Waals surface area contributed by atoms with Crippen LogP contribution in [0.2, 0.25) is 0 Å². The highest BCUT2D eigenvalue weighted by Crippen LogP contribution is 2.30. The van der Waals surface area contributed by atoms with Crippen molar-refractivity contribution in [2.75, 3.05) is 15.5 Å². The van der Waals surface area contributed by atoms with Crippen LogP contribution in [0.5, 0.6) is 0 Å². The number of hydrogen-bond acceptors (Lipinski definition) is 6. The molecule has 2 aromatic carbocycles. The van der Waals surface area contributed by atoms with Gasteiger partial charge in [-0.25, -0.2) is 9.88 Å². The number of hydrogen-bond donors (Lipinski definition) is 2. The molecule has 2 N–H and O–H groups in total. The zero-order valence-corrected chi connectivity index (χ0v) is 19.8. The molecule has 0 saturated carbocycles. The third-order valence-electron chi connectivity index (χ3n) is 5.30. The summed E-state index contributed by atoms with van der Waals surface area (Å²) >= 11 is 7.61. The number of aromatic nitrogens is 1. The molecule has 0 aliphatic carbocycles. The molecule has 1 aliphatic heterocycles. The standard InChI is InChI=1S/C24H21ClN4O3S/c1-4-15-5-11-18(12-6-15)29-22(31)19(25)20(23(29)32)27-17-9-7-16(8-10-17)21(30)28-24-26-13(2)14(3)33-24/h5-12,27H,4H2,1-3H3,(H,26,28,30). The average molecular weight is 481 g/mol. The second kappa shape index (κ2) is 9.17. The Morgan fingerprint density at radius 3 is 2.27 bits per heavy atom. The van der Waals surface area contributed by atoms with Crippen LogP contribution in [-0.4, -0.2) is 22.7 Å². The van der Waals surface area contributed by atoms with Gasteiger partial charge in [-0.2, -0.15) is 0 Å². The Bertz CT molecular complexity index is 1260. The van der Waals surface area contributed by atoms with Crippen molar-refractivity contribution in [2.24, 2.45) is 0 Å². The minimum atomic E-state index is -0.585. The van der Waals surface area contributed by atoms with E-state index in [1.54, 1.807) is 36.4 Å². The van der Waals surface area contributed by atoms with Crippen molar-refractivity contribution in [2.45, 2.75) is 27.2 Å². The van der Waals surface area contributed by atoms with E-state index in [1.807, 2.05) is 32.9 Å². The molecule has 3 amide bonds. The average Bonchev–Trinajstić information content (AvgIpc) is 3.23. The Labute approximate surface area is 200 Å². The van der Waals surface area contributed by atoms with E-state index in [9.17, 15) is 14.4 Å². The summed E-state index contributed by atoms with van der Waals surface area (Å²) in [4.78, 5) is 44.4. The number of halogens is 1. The highest BCUT2D eigenvalue weighted by atomic mass is 35.5. The van der Waals surface area contributed by atoms with Crippen molar-refractivity contribution in [3.8, 4) is 0 Å². The van der Waals surface area contributed by atoms with Crippen molar-refractivity contribution in [1.82, 2.24) is 4.98 Å². The molecule has 0 fully saturated rings. The van der Waals surface area contributed by atoms with Crippen LogP contribution in [0.15, 0.2) is 59.3 Å². The van der Waals surface area contributed by atoms with Crippen molar-refractivity contribution in [3.05, 3.63) is 81.0 Å². The first-order valence-corrected chi connectivity index (χ1v) is 11.5. The summed E-state index contributed by atoms with van der Waals surface area (Å²) in [5.41, 5.74) is 3.37. The van der Waals surface area contributed by atoms with Gasteiger partial charge >= 0.3 is 0 Å². The van der Waals surface area contributed by atoms with E-state index < -0.39 is 11.8 Å². The second-order valence-electron chi connectivity index (χ2n) is 7.47. The zero-order valence-electron chi connectivity index (χ0n) is 18.2. The maximum absolute atomic E-state index is 12.9. The van der Waals surface area contributed by atoms with Crippen LogP contribution in [0.25, 0.3) is 0 Å². The third kappa shape index (κ3) is 4.53. The number of benzene rings is 2. The van der Waals surface area contributed by atoms with E-state index in [2.05, 4.69) is 15.6 Å². The van der Waals surface area contributed by atoms with Crippen LogP contribution < -0.4 is 15.5 Å². The molecule has 0 spiro atoms. The Balaban J connectivity index is 1.47. The lowest BCUT2D eigenvalue weighted by Crippen LogP contribution is -2.32. The summed E-state index contributed by atoms with van der Waals surface area (Å²) in [6.07, 6.45) is 0.852. The van der Waals surface area contributed by atoms with Crippen LogP contribution >= 0.6 is 22.9 Å². The number of carbonyl (C=O) groups is 3. The fourth-order valence-electron chi connectivity index (χ4n) is 3.27. The van der Waals surface area contributed by atoms with Crippen LogP contribution in [0.3, 0.4) is 0 Å². The van der Waals surface area contributed by atoms with Crippen molar-refractivity contribution >= 4 is 57.2 Å². The fourth-order valence-corrected chi connectivity index (χ4v) is 4.29. The first-order valence-electron chi connectivity index (χ1n) is 10.3. The molecule has 2 heterocycles. The number of imide groups is 1. The molecule has 1 aromatic heterocycles. The number of anilines is 3. The Kier molecular flexibility index (Phi) is 6.31. The summed E-state index contributed by atoms with van der Waals surface area (Å²) in [5.74, 6) is -1.41. The fraction of sp³-hybridized carbons (Fsp3) is 0.167. The molecule has 33 heavy (non-hydrogen) atoms. The smallest absolute Gasteiger partial charge is 0.283 e. The predicted octanol–water partition coefficient (Wildman–Crippen LogP) is 5.01. The normalized spacial score (nSPS) is 13.6. The van der Waals surface area contributed by atoms with Gasteiger partial charge in [0, 0.05) is 16.1 Å². The molecule has 9 heteroatoms. The Hall–Kier alpha value is -3.49. The Morgan fingerprint density at radius 1 is 1.03 bits per heavy atom. The highest BCUT2D eigenvalue weighted by Gasteiger charge is 2.38. The molecule has 0 atom stereocenters. The first-order chi connectivity index (χ1) is 15.8. The molecule has 0 bridgehead atoms. The van der Waals surface area contributed by atoms with Gasteiger partial charge in [0.1, 0.15) is 10.7 Å². The number of thiazole rings is 1. The first kappa shape index (κ1) is 22.7. The minimum Gasteiger partial charge on any atom is -0.350 e. The number of amides is 3. The lowest BCUT2D eigenvalue weighted by molar-refractivity contribution is -0.120. The molecule has 168 valence electrons. The number of aryl methyl sites for hydroxylation is 3. The van der Waals surface area contributed by atoms with E-state index in [1.165, 1.54) is 11.3 Å². The summed E-state index contributed by atoms with van der Waals surface area (Å²) in [6.45, 7) is 5.86. The maximum atomic E-state index is 12.9. The van der Waals surface area contributed by atoms with Gasteiger partial charge in [0.15, 0.2) is 5.13 Å². The molecule has 0 saturated heterocycles. The summed E-state index contributed by atoms with van der Waals surface area (Å²) in [5, 5.41) is 6.04. The molecular weight excluding hydrogens is 460 g/mol. The van der Waals surface area contributed by atoms with Gasteiger partial charge in [-0.1, -0.05) is 30.7 Å². The van der Waals surface area contributed by atoms with E-state index in [0.717, 1.165) is 27.5 Å². The number of nitrogens with one attached hydrogen (secondary N) is 2. The molecule has 0 unspecified atom stereocenters. The topological polar surface area (TPSA) is 91.4 Å². The lowest BCUT2D eigenvalue weighted by Gasteiger charge is -2.15. The van der Waals surface area contributed by atoms with Gasteiger partial charge < -0.3 is 5.32 Å². The number of rotatable bonds is 6. The summed E-state index contributed by atoms with van der Waals surface area (Å²) in [7, 11) is 0. The highest BCUT2D eigenvalue weighted by molar-refractivity contribution is 7.15. The van der Waals surface area contributed by atoms with Crippen molar-refractivity contribution in [3.63, 3.8) is 0 Å². The van der Waals surface area contributed by atoms with E-state index >= 15 is 0 Å². The van der Waals surface area contributed by atoms with Crippen LogP contribution in [-0.2, 0) is 16.0 Å². The van der Waals surface area contributed by atoms with Gasteiger partial charge in [0.25, 0.3) is 17.7 Å². The van der Waals surface area contributed by atoms with Crippen LogP contribution in [0, 0.1) is 13.8 Å². The maximum Gasteiger partial charge on any atom is 0.283 e. The molecule has 1 aliphatic rings. The lowest BCUT2D eigenvalue weighted by atomic mass is 10.1. The molecule has 7 nitrogen and oxygen atoms in total. The predicted molar refractivity (Wildman–Crippen MR) is 131 cm³/mol. The Morgan fingerprint density at radius 2 is 1.70 bits per heavy atom. The molecule has 4 rings (SSSR count). The van der Waals surface area contributed by atoms with Gasteiger partial charge in [0.2, 0.25) is 0 Å². The van der Waals surface area contributed by atoms with Crippen LogP contribution in [0.4, 0.5) is 16.5 Å². The SMILES string of the molecule is CCc1ccc(N2C(=O)C(Cl)=C(Nc3ccc(C(=O)Nc4nc(C)c(C)s4)cc3)C2=O)cc1. The summed E-state index contributed by atoms with van der Waals surface area (Å²) in [6, 6.07) is 13.7. The molecule has 3 aromatic rings. The monoisotopic (exact) mass is 480 g/mol. The van der Waals surface area contributed by atoms with Gasteiger partial charge in [-0.3, -0.25) is 19.7 Å². The van der Waals surface area contributed by atoms with E-state index in [4.69, 9.17) is 11.6 Å². The summed E-state index contributed by atoms with van der Waals surface area (Å²) < 4.78 is 0. The zero-order chi connectivity index (χ0) is 23.7. The minimum absolute atomic E-state index is 0.00725. The van der Waals surface area contributed by atoms with E-state index in [-0.39, 0.29) is 16.6 Å². The van der Waals surface area contributed by atoms with Crippen molar-refractivity contribution in [1.29, 1.82) is 0 Å². The number of carbonyl (C=O) groups excluding carboxylic acids is 3.